The van der Waals surface area contributed by atoms with Crippen LogP contribution in [-0.4, -0.2) is 36.4 Å². The Morgan fingerprint density at radius 1 is 1.32 bits per heavy atom. The number of likely N-dealkylation sites (tertiary alicyclic amines) is 1. The van der Waals surface area contributed by atoms with Gasteiger partial charge in [0.25, 0.3) is 0 Å². The molecule has 0 saturated carbocycles. The second-order valence-corrected chi connectivity index (χ2v) is 7.24. The van der Waals surface area contributed by atoms with Crippen molar-refractivity contribution in [2.24, 2.45) is 11.8 Å². The third kappa shape index (κ3) is 3.05. The van der Waals surface area contributed by atoms with E-state index in [1.54, 1.807) is 0 Å². The molecule has 0 aliphatic carbocycles. The lowest BCUT2D eigenvalue weighted by Crippen LogP contribution is -2.48. The molecule has 3 heteroatoms. The number of carbonyl (C=O) groups is 1. The maximum Gasteiger partial charge on any atom is 0.179 e. The van der Waals surface area contributed by atoms with Crippen molar-refractivity contribution in [3.05, 3.63) is 29.3 Å². The summed E-state index contributed by atoms with van der Waals surface area (Å²) in [6.45, 7) is 9.86. The maximum atomic E-state index is 13.0. The molecule has 2 aliphatic heterocycles. The van der Waals surface area contributed by atoms with E-state index in [-0.39, 0.29) is 6.04 Å². The van der Waals surface area contributed by atoms with Gasteiger partial charge in [-0.05, 0) is 54.9 Å². The number of anilines is 1. The van der Waals surface area contributed by atoms with E-state index < -0.39 is 0 Å². The summed E-state index contributed by atoms with van der Waals surface area (Å²) in [4.78, 5) is 15.4. The Morgan fingerprint density at radius 3 is 2.73 bits per heavy atom. The molecule has 3 nitrogen and oxygen atoms in total. The fourth-order valence-electron chi connectivity index (χ4n) is 4.23. The molecule has 3 atom stereocenters. The molecule has 0 spiro atoms. The molecule has 1 saturated heterocycles. The van der Waals surface area contributed by atoms with Crippen LogP contribution in [0.25, 0.3) is 0 Å². The van der Waals surface area contributed by atoms with Crippen LogP contribution < -0.4 is 5.32 Å². The molecule has 0 aromatic heterocycles. The van der Waals surface area contributed by atoms with Gasteiger partial charge in [-0.1, -0.05) is 20.8 Å². The van der Waals surface area contributed by atoms with Crippen LogP contribution in [0.3, 0.4) is 0 Å². The number of carbonyl (C=O) groups excluding carboxylic acids is 1. The van der Waals surface area contributed by atoms with Crippen molar-refractivity contribution in [2.45, 2.75) is 46.1 Å². The predicted octanol–water partition coefficient (Wildman–Crippen LogP) is 3.59. The Kier molecular flexibility index (Phi) is 4.53. The van der Waals surface area contributed by atoms with Gasteiger partial charge in [0.15, 0.2) is 5.78 Å². The summed E-state index contributed by atoms with van der Waals surface area (Å²) in [5, 5.41) is 3.36. The summed E-state index contributed by atoms with van der Waals surface area (Å²) in [7, 11) is 0. The van der Waals surface area contributed by atoms with E-state index in [0.717, 1.165) is 38.0 Å². The highest BCUT2D eigenvalue weighted by Gasteiger charge is 2.31. The zero-order valence-electron chi connectivity index (χ0n) is 14.1. The van der Waals surface area contributed by atoms with E-state index in [0.29, 0.717) is 17.6 Å². The highest BCUT2D eigenvalue weighted by atomic mass is 16.1. The van der Waals surface area contributed by atoms with E-state index in [1.807, 2.05) is 6.07 Å². The summed E-state index contributed by atoms with van der Waals surface area (Å²) in [6.07, 6.45) is 3.21. The number of nitrogens with zero attached hydrogens (tertiary/aromatic N) is 1. The fraction of sp³-hybridized carbons (Fsp3) is 0.632. The molecule has 2 aliphatic rings. The Balaban J connectivity index is 1.79. The molecule has 22 heavy (non-hydrogen) atoms. The average Bonchev–Trinajstić information content (AvgIpc) is 2.94. The van der Waals surface area contributed by atoms with Crippen molar-refractivity contribution in [3.8, 4) is 0 Å². The number of hydrogen-bond donors (Lipinski definition) is 1. The van der Waals surface area contributed by atoms with Gasteiger partial charge in [0.05, 0.1) is 6.04 Å². The molecule has 2 heterocycles. The highest BCUT2D eigenvalue weighted by Crippen LogP contribution is 2.27. The van der Waals surface area contributed by atoms with Crippen LogP contribution in [-0.2, 0) is 6.42 Å². The SMILES string of the molecule is CCC(C(=O)c1ccc2c(c1)CCN2)N1CC(C)CC(C)C1. The second-order valence-electron chi connectivity index (χ2n) is 7.24. The van der Waals surface area contributed by atoms with Gasteiger partial charge in [-0.25, -0.2) is 0 Å². The van der Waals surface area contributed by atoms with Crippen LogP contribution in [0.2, 0.25) is 0 Å². The Bertz CT molecular complexity index is 544. The number of rotatable bonds is 4. The number of ketones is 1. The van der Waals surface area contributed by atoms with Crippen LogP contribution in [0, 0.1) is 11.8 Å². The molecule has 0 bridgehead atoms. The molecule has 3 rings (SSSR count). The number of benzene rings is 1. The minimum Gasteiger partial charge on any atom is -0.384 e. The molecule has 0 amide bonds. The first kappa shape index (κ1) is 15.5. The van der Waals surface area contributed by atoms with Crippen molar-refractivity contribution in [1.82, 2.24) is 4.90 Å². The van der Waals surface area contributed by atoms with Crippen molar-refractivity contribution in [2.75, 3.05) is 25.0 Å². The largest absolute Gasteiger partial charge is 0.384 e. The van der Waals surface area contributed by atoms with E-state index >= 15 is 0 Å². The second kappa shape index (κ2) is 6.41. The first-order valence-electron chi connectivity index (χ1n) is 8.73. The Hall–Kier alpha value is -1.35. The molecule has 0 radical (unpaired) electrons. The monoisotopic (exact) mass is 300 g/mol. The molecule has 1 N–H and O–H groups in total. The third-order valence-electron chi connectivity index (χ3n) is 5.13. The minimum absolute atomic E-state index is 0.0395. The van der Waals surface area contributed by atoms with Gasteiger partial charge in [0, 0.05) is 30.9 Å². The Labute approximate surface area is 134 Å². The smallest absolute Gasteiger partial charge is 0.179 e. The highest BCUT2D eigenvalue weighted by molar-refractivity contribution is 6.00. The average molecular weight is 300 g/mol. The summed E-state index contributed by atoms with van der Waals surface area (Å²) in [5.74, 6) is 1.68. The summed E-state index contributed by atoms with van der Waals surface area (Å²) in [5.41, 5.74) is 3.38. The molecule has 1 fully saturated rings. The molecular weight excluding hydrogens is 272 g/mol. The van der Waals surface area contributed by atoms with Crippen molar-refractivity contribution in [1.29, 1.82) is 0 Å². The number of fused-ring (bicyclic) bond motifs is 1. The molecule has 120 valence electrons. The van der Waals surface area contributed by atoms with Crippen LogP contribution in [0.15, 0.2) is 18.2 Å². The number of Topliss-reactive ketones (excluding diaryl/α,β-unsaturated/α-hetero) is 1. The summed E-state index contributed by atoms with van der Waals surface area (Å²) < 4.78 is 0. The lowest BCUT2D eigenvalue weighted by molar-refractivity contribution is 0.0640. The summed E-state index contributed by atoms with van der Waals surface area (Å²) in [6, 6.07) is 6.22. The van der Waals surface area contributed by atoms with E-state index in [1.165, 1.54) is 17.7 Å². The van der Waals surface area contributed by atoms with Gasteiger partial charge in [-0.3, -0.25) is 9.69 Å². The van der Waals surface area contributed by atoms with Crippen LogP contribution in [0.1, 0.15) is 49.5 Å². The molecule has 1 aromatic rings. The third-order valence-corrected chi connectivity index (χ3v) is 5.13. The van der Waals surface area contributed by atoms with Gasteiger partial charge >= 0.3 is 0 Å². The summed E-state index contributed by atoms with van der Waals surface area (Å²) >= 11 is 0. The van der Waals surface area contributed by atoms with Crippen LogP contribution >= 0.6 is 0 Å². The zero-order chi connectivity index (χ0) is 15.7. The van der Waals surface area contributed by atoms with Gasteiger partial charge in [0.1, 0.15) is 0 Å². The van der Waals surface area contributed by atoms with Gasteiger partial charge in [-0.2, -0.15) is 0 Å². The lowest BCUT2D eigenvalue weighted by Gasteiger charge is -2.39. The number of hydrogen-bond acceptors (Lipinski definition) is 3. The maximum absolute atomic E-state index is 13.0. The van der Waals surface area contributed by atoms with Gasteiger partial charge in [0.2, 0.25) is 0 Å². The zero-order valence-corrected chi connectivity index (χ0v) is 14.1. The quantitative estimate of drug-likeness (QED) is 0.862. The van der Waals surface area contributed by atoms with Crippen molar-refractivity contribution < 1.29 is 4.79 Å². The van der Waals surface area contributed by atoms with E-state index in [9.17, 15) is 4.79 Å². The van der Waals surface area contributed by atoms with E-state index in [2.05, 4.69) is 43.1 Å². The predicted molar refractivity (Wildman–Crippen MR) is 91.6 cm³/mol. The van der Waals surface area contributed by atoms with Crippen molar-refractivity contribution in [3.63, 3.8) is 0 Å². The lowest BCUT2D eigenvalue weighted by atomic mass is 9.89. The minimum atomic E-state index is 0.0395. The Morgan fingerprint density at radius 2 is 2.05 bits per heavy atom. The first-order chi connectivity index (χ1) is 10.6. The number of nitrogens with one attached hydrogen (secondary N) is 1. The fourth-order valence-corrected chi connectivity index (χ4v) is 4.23. The van der Waals surface area contributed by atoms with Crippen molar-refractivity contribution >= 4 is 11.5 Å². The topological polar surface area (TPSA) is 32.3 Å². The molecule has 3 unspecified atom stereocenters. The van der Waals surface area contributed by atoms with Gasteiger partial charge < -0.3 is 5.32 Å². The normalized spacial score (nSPS) is 26.3. The number of piperidine rings is 1. The van der Waals surface area contributed by atoms with Gasteiger partial charge in [-0.15, -0.1) is 0 Å². The molecular formula is C19H28N2O. The molecule has 1 aromatic carbocycles. The van der Waals surface area contributed by atoms with E-state index in [4.69, 9.17) is 0 Å². The van der Waals surface area contributed by atoms with Crippen LogP contribution in [0.4, 0.5) is 5.69 Å². The first-order valence-corrected chi connectivity index (χ1v) is 8.73. The standard InChI is InChI=1S/C19H28N2O/c1-4-18(21-11-13(2)9-14(3)12-21)19(22)16-5-6-17-15(10-16)7-8-20-17/h5-6,10,13-14,18,20H,4,7-9,11-12H2,1-3H3. The van der Waals surface area contributed by atoms with Crippen LogP contribution in [0.5, 0.6) is 0 Å².